The average molecular weight is 257 g/mol. The van der Waals surface area contributed by atoms with Crippen molar-refractivity contribution in [2.45, 2.75) is 12.8 Å². The summed E-state index contributed by atoms with van der Waals surface area (Å²) in [5.74, 6) is -0.141. The highest BCUT2D eigenvalue weighted by Gasteiger charge is 2.07. The van der Waals surface area contributed by atoms with Crippen LogP contribution in [0, 0.1) is 0 Å². The molecule has 0 bridgehead atoms. The summed E-state index contributed by atoms with van der Waals surface area (Å²) in [4.78, 5) is 22.8. The number of hydrogen-bond donors (Lipinski definition) is 2. The maximum Gasteiger partial charge on any atom is 0.220 e. The lowest BCUT2D eigenvalue weighted by Crippen LogP contribution is -2.29. The van der Waals surface area contributed by atoms with Gasteiger partial charge in [0.25, 0.3) is 0 Å². The van der Waals surface area contributed by atoms with Crippen LogP contribution in [0.15, 0.2) is 30.3 Å². The number of halogens is 1. The molecule has 1 amide bonds. The van der Waals surface area contributed by atoms with Crippen LogP contribution in [0.25, 0.3) is 0 Å². The maximum atomic E-state index is 11.6. The molecule has 5 heteroatoms. The van der Waals surface area contributed by atoms with Gasteiger partial charge < -0.3 is 11.1 Å². The van der Waals surface area contributed by atoms with Gasteiger partial charge in [-0.1, -0.05) is 30.3 Å². The third kappa shape index (κ3) is 6.04. The second kappa shape index (κ2) is 8.73. The Bertz CT molecular complexity index is 355. The van der Waals surface area contributed by atoms with Crippen LogP contribution >= 0.6 is 12.4 Å². The first-order valence-electron chi connectivity index (χ1n) is 5.29. The van der Waals surface area contributed by atoms with Gasteiger partial charge in [-0.05, 0) is 0 Å². The molecule has 0 spiro atoms. The summed E-state index contributed by atoms with van der Waals surface area (Å²) >= 11 is 0. The Morgan fingerprint density at radius 3 is 2.35 bits per heavy atom. The molecule has 0 radical (unpaired) electrons. The largest absolute Gasteiger partial charge is 0.355 e. The van der Waals surface area contributed by atoms with Crippen LogP contribution in [0.4, 0.5) is 0 Å². The van der Waals surface area contributed by atoms with Gasteiger partial charge >= 0.3 is 0 Å². The van der Waals surface area contributed by atoms with Gasteiger partial charge in [-0.3, -0.25) is 9.59 Å². The summed E-state index contributed by atoms with van der Waals surface area (Å²) in [6.07, 6.45) is 0.453. The van der Waals surface area contributed by atoms with Crippen molar-refractivity contribution in [2.75, 3.05) is 13.1 Å². The van der Waals surface area contributed by atoms with Crippen LogP contribution in [0.2, 0.25) is 0 Å². The minimum absolute atomic E-state index is 0. The van der Waals surface area contributed by atoms with Gasteiger partial charge in [-0.25, -0.2) is 0 Å². The Morgan fingerprint density at radius 2 is 1.76 bits per heavy atom. The highest BCUT2D eigenvalue weighted by Crippen LogP contribution is 2.04. The second-order valence-electron chi connectivity index (χ2n) is 3.43. The van der Waals surface area contributed by atoms with Gasteiger partial charge in [0.15, 0.2) is 5.78 Å². The fourth-order valence-corrected chi connectivity index (χ4v) is 1.30. The molecule has 17 heavy (non-hydrogen) atoms. The second-order valence-corrected chi connectivity index (χ2v) is 3.43. The minimum Gasteiger partial charge on any atom is -0.355 e. The first-order chi connectivity index (χ1) is 7.74. The first-order valence-corrected chi connectivity index (χ1v) is 5.29. The van der Waals surface area contributed by atoms with Crippen LogP contribution in [-0.4, -0.2) is 24.8 Å². The van der Waals surface area contributed by atoms with E-state index < -0.39 is 0 Å². The minimum atomic E-state index is -0.130. The summed E-state index contributed by atoms with van der Waals surface area (Å²) in [7, 11) is 0. The Hall–Kier alpha value is -1.39. The van der Waals surface area contributed by atoms with E-state index in [1.807, 2.05) is 18.2 Å². The number of carbonyl (C=O) groups excluding carboxylic acids is 2. The van der Waals surface area contributed by atoms with Crippen LogP contribution in [0.3, 0.4) is 0 Å². The number of benzene rings is 1. The van der Waals surface area contributed by atoms with Gasteiger partial charge in [0, 0.05) is 31.5 Å². The highest BCUT2D eigenvalue weighted by atomic mass is 35.5. The van der Waals surface area contributed by atoms with Crippen molar-refractivity contribution in [2.24, 2.45) is 5.73 Å². The van der Waals surface area contributed by atoms with Gasteiger partial charge in [-0.15, -0.1) is 12.4 Å². The van der Waals surface area contributed by atoms with Crippen LogP contribution < -0.4 is 11.1 Å². The van der Waals surface area contributed by atoms with E-state index in [4.69, 9.17) is 5.73 Å². The molecule has 0 saturated carbocycles. The number of nitrogens with two attached hydrogens (primary N) is 1. The molecule has 1 aromatic rings. The number of hydrogen-bond acceptors (Lipinski definition) is 3. The molecule has 0 heterocycles. The summed E-state index contributed by atoms with van der Waals surface area (Å²) < 4.78 is 0. The van der Waals surface area contributed by atoms with Crippen LogP contribution in [0.5, 0.6) is 0 Å². The Kier molecular flexibility index (Phi) is 8.01. The maximum absolute atomic E-state index is 11.6. The lowest BCUT2D eigenvalue weighted by Gasteiger charge is -2.03. The van der Waals surface area contributed by atoms with Crippen molar-refractivity contribution in [3.05, 3.63) is 35.9 Å². The number of carbonyl (C=O) groups is 2. The molecule has 1 rings (SSSR count). The molecule has 0 unspecified atom stereocenters. The van der Waals surface area contributed by atoms with E-state index in [2.05, 4.69) is 5.32 Å². The zero-order valence-corrected chi connectivity index (χ0v) is 10.3. The topological polar surface area (TPSA) is 72.2 Å². The van der Waals surface area contributed by atoms with Crippen molar-refractivity contribution in [3.8, 4) is 0 Å². The summed E-state index contributed by atoms with van der Waals surface area (Å²) in [5, 5.41) is 2.62. The lowest BCUT2D eigenvalue weighted by atomic mass is 10.1. The van der Waals surface area contributed by atoms with E-state index in [0.717, 1.165) is 0 Å². The molecule has 0 aromatic heterocycles. The van der Waals surface area contributed by atoms with E-state index in [1.165, 1.54) is 0 Å². The van der Waals surface area contributed by atoms with Gasteiger partial charge in [0.05, 0.1) is 0 Å². The van der Waals surface area contributed by atoms with Crippen molar-refractivity contribution >= 4 is 24.1 Å². The number of rotatable bonds is 6. The van der Waals surface area contributed by atoms with Crippen molar-refractivity contribution in [3.63, 3.8) is 0 Å². The van der Waals surface area contributed by atoms with Gasteiger partial charge in [-0.2, -0.15) is 0 Å². The molecule has 94 valence electrons. The SMILES string of the molecule is Cl.NCCNC(=O)CCC(=O)c1ccccc1. The fourth-order valence-electron chi connectivity index (χ4n) is 1.30. The summed E-state index contributed by atoms with van der Waals surface area (Å²) in [5.41, 5.74) is 5.89. The predicted octanol–water partition coefficient (Wildman–Crippen LogP) is 1.15. The van der Waals surface area contributed by atoms with E-state index >= 15 is 0 Å². The van der Waals surface area contributed by atoms with Gasteiger partial charge in [0.2, 0.25) is 5.91 Å². The molecular weight excluding hydrogens is 240 g/mol. The Balaban J connectivity index is 0.00000256. The predicted molar refractivity (Wildman–Crippen MR) is 69.3 cm³/mol. The van der Waals surface area contributed by atoms with Crippen molar-refractivity contribution in [1.82, 2.24) is 5.32 Å². The normalized spacial score (nSPS) is 9.24. The van der Waals surface area contributed by atoms with Crippen LogP contribution in [0.1, 0.15) is 23.2 Å². The zero-order chi connectivity index (χ0) is 11.8. The molecule has 0 atom stereocenters. The van der Waals surface area contributed by atoms with E-state index in [-0.39, 0.29) is 36.9 Å². The molecule has 0 aliphatic rings. The Labute approximate surface area is 107 Å². The third-order valence-electron chi connectivity index (χ3n) is 2.14. The van der Waals surface area contributed by atoms with Crippen molar-refractivity contribution in [1.29, 1.82) is 0 Å². The van der Waals surface area contributed by atoms with Crippen molar-refractivity contribution < 1.29 is 9.59 Å². The standard InChI is InChI=1S/C12H16N2O2.ClH/c13-8-9-14-12(16)7-6-11(15)10-4-2-1-3-5-10;/h1-5H,6-9,13H2,(H,14,16);1H. The number of Topliss-reactive ketones (excluding diaryl/α,β-unsaturated/α-hetero) is 1. The number of nitrogens with one attached hydrogen (secondary N) is 1. The van der Waals surface area contributed by atoms with E-state index in [9.17, 15) is 9.59 Å². The monoisotopic (exact) mass is 256 g/mol. The van der Waals surface area contributed by atoms with Crippen LogP contribution in [-0.2, 0) is 4.79 Å². The average Bonchev–Trinajstić information content (AvgIpc) is 2.34. The third-order valence-corrected chi connectivity index (χ3v) is 2.14. The first kappa shape index (κ1) is 15.6. The number of ketones is 1. The molecular formula is C12H17ClN2O2. The zero-order valence-electron chi connectivity index (χ0n) is 9.52. The molecule has 0 fully saturated rings. The summed E-state index contributed by atoms with van der Waals surface area (Å²) in [6, 6.07) is 8.97. The summed E-state index contributed by atoms with van der Waals surface area (Å²) in [6.45, 7) is 0.872. The Morgan fingerprint density at radius 1 is 1.12 bits per heavy atom. The number of amides is 1. The fraction of sp³-hybridized carbons (Fsp3) is 0.333. The molecule has 3 N–H and O–H groups in total. The van der Waals surface area contributed by atoms with E-state index in [1.54, 1.807) is 12.1 Å². The molecule has 0 aliphatic heterocycles. The molecule has 4 nitrogen and oxygen atoms in total. The highest BCUT2D eigenvalue weighted by molar-refractivity contribution is 5.97. The molecule has 1 aromatic carbocycles. The molecule has 0 aliphatic carbocycles. The smallest absolute Gasteiger partial charge is 0.220 e. The van der Waals surface area contributed by atoms with Gasteiger partial charge in [0.1, 0.15) is 0 Å². The lowest BCUT2D eigenvalue weighted by molar-refractivity contribution is -0.121. The quantitative estimate of drug-likeness (QED) is 0.750. The molecule has 0 saturated heterocycles. The van der Waals surface area contributed by atoms with E-state index in [0.29, 0.717) is 18.7 Å².